The van der Waals surface area contributed by atoms with Gasteiger partial charge in [-0.2, -0.15) is 5.10 Å². The van der Waals surface area contributed by atoms with E-state index in [1.807, 2.05) is 19.2 Å². The number of nitrogens with one attached hydrogen (secondary N) is 2. The van der Waals surface area contributed by atoms with Crippen LogP contribution in [0.5, 0.6) is 0 Å². The number of rotatable bonds is 3. The summed E-state index contributed by atoms with van der Waals surface area (Å²) >= 11 is 7.40. The number of hydrogen-bond donors (Lipinski definition) is 2. The van der Waals surface area contributed by atoms with Crippen LogP contribution in [0.3, 0.4) is 0 Å². The lowest BCUT2D eigenvalue weighted by Gasteiger charge is -2.11. The molecule has 90 valence electrons. The molecule has 4 nitrogen and oxygen atoms in total. The van der Waals surface area contributed by atoms with Crippen LogP contribution in [0, 0.1) is 6.92 Å². The molecule has 0 bridgehead atoms. The zero-order chi connectivity index (χ0) is 12.4. The van der Waals surface area contributed by atoms with Crippen LogP contribution in [-0.2, 0) is 0 Å². The van der Waals surface area contributed by atoms with Gasteiger partial charge in [0.2, 0.25) is 0 Å². The number of amides is 1. The number of aryl methyl sites for hydroxylation is 1. The molecule has 1 unspecified atom stereocenters. The highest BCUT2D eigenvalue weighted by atomic mass is 35.5. The maximum atomic E-state index is 12.0. The van der Waals surface area contributed by atoms with Crippen LogP contribution in [0.25, 0.3) is 0 Å². The van der Waals surface area contributed by atoms with E-state index in [1.165, 1.54) is 11.3 Å². The number of aromatic nitrogens is 2. The lowest BCUT2D eigenvalue weighted by molar-refractivity contribution is 0.0944. The molecule has 2 heterocycles. The molecule has 2 N–H and O–H groups in total. The average Bonchev–Trinajstić information content (AvgIpc) is 2.90. The Kier molecular flexibility index (Phi) is 3.49. The number of H-pyrrole nitrogens is 1. The summed E-state index contributed by atoms with van der Waals surface area (Å²) in [5.41, 5.74) is 1.86. The Labute approximate surface area is 108 Å². The molecule has 0 saturated heterocycles. The van der Waals surface area contributed by atoms with Crippen molar-refractivity contribution in [3.63, 3.8) is 0 Å². The summed E-state index contributed by atoms with van der Waals surface area (Å²) in [6.07, 6.45) is 3.44. The van der Waals surface area contributed by atoms with Crippen LogP contribution in [-0.4, -0.2) is 16.1 Å². The van der Waals surface area contributed by atoms with Crippen molar-refractivity contribution in [1.29, 1.82) is 0 Å². The van der Waals surface area contributed by atoms with Gasteiger partial charge in [0.25, 0.3) is 5.91 Å². The summed E-state index contributed by atoms with van der Waals surface area (Å²) in [6, 6.07) is -0.0975. The number of hydrogen-bond acceptors (Lipinski definition) is 3. The molecule has 0 aliphatic heterocycles. The van der Waals surface area contributed by atoms with Gasteiger partial charge in [-0.05, 0) is 24.8 Å². The Hall–Kier alpha value is -1.33. The van der Waals surface area contributed by atoms with E-state index in [1.54, 1.807) is 12.4 Å². The topological polar surface area (TPSA) is 57.8 Å². The lowest BCUT2D eigenvalue weighted by atomic mass is 10.2. The third kappa shape index (κ3) is 2.50. The molecule has 2 aromatic heterocycles. The minimum Gasteiger partial charge on any atom is -0.345 e. The molecular formula is C11H12ClN3OS. The summed E-state index contributed by atoms with van der Waals surface area (Å²) in [4.78, 5) is 12.5. The average molecular weight is 270 g/mol. The van der Waals surface area contributed by atoms with Crippen molar-refractivity contribution < 1.29 is 4.79 Å². The van der Waals surface area contributed by atoms with Crippen LogP contribution in [0.2, 0.25) is 5.02 Å². The fraction of sp³-hybridized carbons (Fsp3) is 0.273. The first-order valence-electron chi connectivity index (χ1n) is 5.12. The first-order valence-corrected chi connectivity index (χ1v) is 6.38. The zero-order valence-corrected chi connectivity index (χ0v) is 11.0. The summed E-state index contributed by atoms with van der Waals surface area (Å²) in [5, 5.41) is 11.8. The van der Waals surface area contributed by atoms with Gasteiger partial charge in [0, 0.05) is 11.8 Å². The van der Waals surface area contributed by atoms with Crippen LogP contribution in [0.15, 0.2) is 17.8 Å². The van der Waals surface area contributed by atoms with Crippen LogP contribution in [0.1, 0.15) is 33.8 Å². The van der Waals surface area contributed by atoms with Crippen molar-refractivity contribution >= 4 is 28.8 Å². The summed E-state index contributed by atoms with van der Waals surface area (Å²) in [7, 11) is 0. The Morgan fingerprint density at radius 2 is 2.41 bits per heavy atom. The van der Waals surface area contributed by atoms with Gasteiger partial charge in [-0.15, -0.1) is 11.3 Å². The monoisotopic (exact) mass is 269 g/mol. The molecule has 0 aliphatic carbocycles. The quantitative estimate of drug-likeness (QED) is 0.900. The van der Waals surface area contributed by atoms with Crippen molar-refractivity contribution in [3.05, 3.63) is 38.8 Å². The number of nitrogens with zero attached hydrogens (tertiary/aromatic N) is 1. The summed E-state index contributed by atoms with van der Waals surface area (Å²) in [5.74, 6) is -0.151. The molecule has 0 aromatic carbocycles. The molecule has 6 heteroatoms. The van der Waals surface area contributed by atoms with E-state index in [0.29, 0.717) is 9.90 Å². The van der Waals surface area contributed by atoms with Gasteiger partial charge < -0.3 is 5.32 Å². The second-order valence-electron chi connectivity index (χ2n) is 3.79. The fourth-order valence-electron chi connectivity index (χ4n) is 1.43. The Balaban J connectivity index is 2.10. The van der Waals surface area contributed by atoms with Crippen molar-refractivity contribution in [2.45, 2.75) is 19.9 Å². The van der Waals surface area contributed by atoms with E-state index in [4.69, 9.17) is 11.6 Å². The number of halogens is 1. The van der Waals surface area contributed by atoms with E-state index in [-0.39, 0.29) is 11.9 Å². The fourth-order valence-corrected chi connectivity index (χ4v) is 2.61. The minimum atomic E-state index is -0.151. The predicted molar refractivity (Wildman–Crippen MR) is 68.5 cm³/mol. The number of carbonyl (C=O) groups is 1. The first-order chi connectivity index (χ1) is 8.09. The van der Waals surface area contributed by atoms with Gasteiger partial charge in [0.1, 0.15) is 4.88 Å². The van der Waals surface area contributed by atoms with Crippen LogP contribution in [0.4, 0.5) is 0 Å². The van der Waals surface area contributed by atoms with Crippen molar-refractivity contribution in [1.82, 2.24) is 15.5 Å². The lowest BCUT2D eigenvalue weighted by Crippen LogP contribution is -2.25. The Morgan fingerprint density at radius 3 is 2.94 bits per heavy atom. The van der Waals surface area contributed by atoms with Crippen LogP contribution >= 0.6 is 22.9 Å². The van der Waals surface area contributed by atoms with E-state index >= 15 is 0 Å². The van der Waals surface area contributed by atoms with E-state index < -0.39 is 0 Å². The first kappa shape index (κ1) is 12.1. The summed E-state index contributed by atoms with van der Waals surface area (Å²) in [6.45, 7) is 3.78. The van der Waals surface area contributed by atoms with E-state index in [9.17, 15) is 4.79 Å². The van der Waals surface area contributed by atoms with Gasteiger partial charge in [-0.3, -0.25) is 9.89 Å². The van der Waals surface area contributed by atoms with E-state index in [0.717, 1.165) is 11.1 Å². The second-order valence-corrected chi connectivity index (χ2v) is 5.05. The van der Waals surface area contributed by atoms with Crippen molar-refractivity contribution in [2.75, 3.05) is 0 Å². The van der Waals surface area contributed by atoms with Gasteiger partial charge in [0.05, 0.1) is 17.3 Å². The molecule has 0 aliphatic rings. The number of thiophene rings is 1. The van der Waals surface area contributed by atoms with Crippen LogP contribution < -0.4 is 5.32 Å². The predicted octanol–water partition coefficient (Wildman–Crippen LogP) is 2.92. The standard InChI is InChI=1S/C11H12ClN3OS/c1-6-5-17-10(9(6)12)11(16)15-7(2)8-3-13-14-4-8/h3-5,7H,1-2H3,(H,13,14)(H,15,16). The normalized spacial score (nSPS) is 12.4. The highest BCUT2D eigenvalue weighted by Gasteiger charge is 2.17. The van der Waals surface area contributed by atoms with Gasteiger partial charge in [-0.25, -0.2) is 0 Å². The second kappa shape index (κ2) is 4.89. The molecule has 0 saturated carbocycles. The molecule has 0 radical (unpaired) electrons. The largest absolute Gasteiger partial charge is 0.345 e. The molecule has 1 amide bonds. The van der Waals surface area contributed by atoms with Crippen molar-refractivity contribution in [2.24, 2.45) is 0 Å². The number of carbonyl (C=O) groups excluding carboxylic acids is 1. The third-order valence-corrected chi connectivity index (χ3v) is 4.17. The van der Waals surface area contributed by atoms with Gasteiger partial charge in [0.15, 0.2) is 0 Å². The molecular weight excluding hydrogens is 258 g/mol. The minimum absolute atomic E-state index is 0.0975. The molecule has 2 rings (SSSR count). The molecule has 1 atom stereocenters. The Morgan fingerprint density at radius 1 is 1.65 bits per heavy atom. The maximum absolute atomic E-state index is 12.0. The highest BCUT2D eigenvalue weighted by molar-refractivity contribution is 7.13. The van der Waals surface area contributed by atoms with Gasteiger partial charge in [-0.1, -0.05) is 11.6 Å². The molecule has 0 fully saturated rings. The SMILES string of the molecule is Cc1csc(C(=O)NC(C)c2cn[nH]c2)c1Cl. The molecule has 0 spiro atoms. The smallest absolute Gasteiger partial charge is 0.263 e. The molecule has 17 heavy (non-hydrogen) atoms. The Bertz CT molecular complexity index is 521. The molecule has 2 aromatic rings. The van der Waals surface area contributed by atoms with Crippen molar-refractivity contribution in [3.8, 4) is 0 Å². The number of aromatic amines is 1. The van der Waals surface area contributed by atoms with E-state index in [2.05, 4.69) is 15.5 Å². The zero-order valence-electron chi connectivity index (χ0n) is 9.45. The third-order valence-electron chi connectivity index (χ3n) is 2.47. The van der Waals surface area contributed by atoms with Gasteiger partial charge >= 0.3 is 0 Å². The maximum Gasteiger partial charge on any atom is 0.263 e. The highest BCUT2D eigenvalue weighted by Crippen LogP contribution is 2.27. The summed E-state index contributed by atoms with van der Waals surface area (Å²) < 4.78 is 0.